The summed E-state index contributed by atoms with van der Waals surface area (Å²) in [5.41, 5.74) is 1.40. The molecule has 2 nitrogen and oxygen atoms in total. The molecule has 20 heavy (non-hydrogen) atoms. The van der Waals surface area contributed by atoms with Gasteiger partial charge in [0.1, 0.15) is 0 Å². The Kier molecular flexibility index (Phi) is 6.25. The maximum absolute atomic E-state index is 3.50. The van der Waals surface area contributed by atoms with E-state index < -0.39 is 0 Å². The maximum Gasteiger partial charge on any atom is 0.0476 e. The van der Waals surface area contributed by atoms with Crippen LogP contribution in [0.5, 0.6) is 0 Å². The van der Waals surface area contributed by atoms with E-state index in [0.29, 0.717) is 6.04 Å². The van der Waals surface area contributed by atoms with Crippen LogP contribution in [0.4, 0.5) is 0 Å². The molecule has 0 aliphatic carbocycles. The summed E-state index contributed by atoms with van der Waals surface area (Å²) >= 11 is 1.84. The van der Waals surface area contributed by atoms with E-state index in [1.54, 1.807) is 0 Å². The summed E-state index contributed by atoms with van der Waals surface area (Å²) in [5, 5.41) is 5.66. The van der Waals surface area contributed by atoms with Gasteiger partial charge in [-0.15, -0.1) is 11.3 Å². The van der Waals surface area contributed by atoms with Gasteiger partial charge in [-0.05, 0) is 30.1 Å². The highest BCUT2D eigenvalue weighted by Crippen LogP contribution is 2.23. The first-order chi connectivity index (χ1) is 9.85. The number of hydrogen-bond donors (Lipinski definition) is 1. The monoisotopic (exact) mass is 288 g/mol. The van der Waals surface area contributed by atoms with Crippen molar-refractivity contribution in [1.29, 1.82) is 0 Å². The number of hydrogen-bond acceptors (Lipinski definition) is 3. The fourth-order valence-electron chi connectivity index (χ4n) is 2.46. The SMILES string of the molecule is CCNCC(c1ccccc1)N(CC)Cc1cccs1. The number of thiophene rings is 1. The molecule has 3 heteroatoms. The van der Waals surface area contributed by atoms with Gasteiger partial charge in [0, 0.05) is 24.0 Å². The van der Waals surface area contributed by atoms with Crippen LogP contribution >= 0.6 is 11.3 Å². The molecule has 2 aromatic rings. The molecule has 2 rings (SSSR count). The van der Waals surface area contributed by atoms with Crippen molar-refractivity contribution in [1.82, 2.24) is 10.2 Å². The number of nitrogens with one attached hydrogen (secondary N) is 1. The van der Waals surface area contributed by atoms with Gasteiger partial charge in [0.2, 0.25) is 0 Å². The van der Waals surface area contributed by atoms with Gasteiger partial charge in [-0.1, -0.05) is 50.2 Å². The van der Waals surface area contributed by atoms with E-state index >= 15 is 0 Å². The second-order valence-electron chi connectivity index (χ2n) is 4.88. The van der Waals surface area contributed by atoms with E-state index in [2.05, 4.69) is 71.9 Å². The minimum absolute atomic E-state index is 0.434. The Balaban J connectivity index is 2.14. The molecule has 1 aromatic heterocycles. The molecule has 0 bridgehead atoms. The van der Waals surface area contributed by atoms with E-state index in [-0.39, 0.29) is 0 Å². The van der Waals surface area contributed by atoms with Crippen LogP contribution in [0.1, 0.15) is 30.3 Å². The Labute approximate surface area is 126 Å². The van der Waals surface area contributed by atoms with Gasteiger partial charge in [-0.3, -0.25) is 4.90 Å². The minimum atomic E-state index is 0.434. The lowest BCUT2D eigenvalue weighted by molar-refractivity contribution is 0.196. The van der Waals surface area contributed by atoms with Crippen LogP contribution < -0.4 is 5.32 Å². The first kappa shape index (κ1) is 15.2. The Hall–Kier alpha value is -1.16. The van der Waals surface area contributed by atoms with Crippen molar-refractivity contribution in [2.75, 3.05) is 19.6 Å². The average molecular weight is 288 g/mol. The number of likely N-dealkylation sites (N-methyl/N-ethyl adjacent to an activating group) is 2. The Morgan fingerprint density at radius 3 is 2.50 bits per heavy atom. The van der Waals surface area contributed by atoms with Crippen molar-refractivity contribution in [2.24, 2.45) is 0 Å². The third-order valence-corrected chi connectivity index (χ3v) is 4.42. The summed E-state index contributed by atoms with van der Waals surface area (Å²) in [7, 11) is 0. The molecule has 1 unspecified atom stereocenters. The summed E-state index contributed by atoms with van der Waals surface area (Å²) < 4.78 is 0. The molecule has 0 saturated heterocycles. The molecule has 0 aliphatic rings. The van der Waals surface area contributed by atoms with E-state index in [9.17, 15) is 0 Å². The summed E-state index contributed by atoms with van der Waals surface area (Å²) in [4.78, 5) is 3.98. The van der Waals surface area contributed by atoms with Crippen molar-refractivity contribution in [3.8, 4) is 0 Å². The summed E-state index contributed by atoms with van der Waals surface area (Å²) in [6, 6.07) is 15.6. The van der Waals surface area contributed by atoms with Crippen LogP contribution in [0, 0.1) is 0 Å². The third-order valence-electron chi connectivity index (χ3n) is 3.56. The fraction of sp³-hybridized carbons (Fsp3) is 0.412. The molecule has 0 spiro atoms. The lowest BCUT2D eigenvalue weighted by Gasteiger charge is -2.31. The highest BCUT2D eigenvalue weighted by molar-refractivity contribution is 7.09. The Morgan fingerprint density at radius 1 is 1.10 bits per heavy atom. The smallest absolute Gasteiger partial charge is 0.0476 e. The van der Waals surface area contributed by atoms with Gasteiger partial charge in [0.15, 0.2) is 0 Å². The zero-order valence-electron chi connectivity index (χ0n) is 12.4. The Morgan fingerprint density at radius 2 is 1.90 bits per heavy atom. The molecule has 1 atom stereocenters. The summed E-state index contributed by atoms with van der Waals surface area (Å²) in [6.45, 7) is 8.51. The number of nitrogens with zero attached hydrogens (tertiary/aromatic N) is 1. The highest BCUT2D eigenvalue weighted by Gasteiger charge is 2.19. The van der Waals surface area contributed by atoms with Gasteiger partial charge in [-0.2, -0.15) is 0 Å². The molecule has 1 N–H and O–H groups in total. The van der Waals surface area contributed by atoms with Gasteiger partial charge in [0.25, 0.3) is 0 Å². The molecule has 1 heterocycles. The molecule has 0 amide bonds. The Bertz CT molecular complexity index is 467. The largest absolute Gasteiger partial charge is 0.315 e. The normalized spacial score (nSPS) is 12.8. The first-order valence-corrected chi connectivity index (χ1v) is 8.25. The van der Waals surface area contributed by atoms with E-state index in [1.165, 1.54) is 10.4 Å². The van der Waals surface area contributed by atoms with Crippen LogP contribution in [0.15, 0.2) is 47.8 Å². The van der Waals surface area contributed by atoms with Crippen LogP contribution in [0.25, 0.3) is 0 Å². The molecular weight excluding hydrogens is 264 g/mol. The summed E-state index contributed by atoms with van der Waals surface area (Å²) in [5.74, 6) is 0. The third kappa shape index (κ3) is 4.17. The predicted octanol–water partition coefficient (Wildman–Crippen LogP) is 3.92. The van der Waals surface area contributed by atoms with E-state index in [4.69, 9.17) is 0 Å². The lowest BCUT2D eigenvalue weighted by Crippen LogP contribution is -2.35. The molecule has 108 valence electrons. The fourth-order valence-corrected chi connectivity index (χ4v) is 3.19. The van der Waals surface area contributed by atoms with Crippen LogP contribution in [0.3, 0.4) is 0 Å². The first-order valence-electron chi connectivity index (χ1n) is 7.37. The molecule has 0 radical (unpaired) electrons. The number of benzene rings is 1. The molecule has 0 saturated carbocycles. The quantitative estimate of drug-likeness (QED) is 0.792. The van der Waals surface area contributed by atoms with Gasteiger partial charge >= 0.3 is 0 Å². The zero-order valence-corrected chi connectivity index (χ0v) is 13.2. The number of rotatable bonds is 8. The van der Waals surface area contributed by atoms with Crippen molar-refractivity contribution >= 4 is 11.3 Å². The van der Waals surface area contributed by atoms with E-state index in [1.807, 2.05) is 11.3 Å². The molecule has 0 aliphatic heterocycles. The molecule has 0 fully saturated rings. The second-order valence-corrected chi connectivity index (χ2v) is 5.91. The molecule has 1 aromatic carbocycles. The lowest BCUT2D eigenvalue weighted by atomic mass is 10.0. The van der Waals surface area contributed by atoms with Crippen molar-refractivity contribution in [3.63, 3.8) is 0 Å². The van der Waals surface area contributed by atoms with Gasteiger partial charge < -0.3 is 5.32 Å². The zero-order chi connectivity index (χ0) is 14.2. The van der Waals surface area contributed by atoms with Crippen molar-refractivity contribution in [3.05, 3.63) is 58.3 Å². The minimum Gasteiger partial charge on any atom is -0.315 e. The summed E-state index contributed by atoms with van der Waals surface area (Å²) in [6.07, 6.45) is 0. The highest BCUT2D eigenvalue weighted by atomic mass is 32.1. The second kappa shape index (κ2) is 8.20. The van der Waals surface area contributed by atoms with Gasteiger partial charge in [0.05, 0.1) is 0 Å². The standard InChI is InChI=1S/C17H24N2S/c1-3-18-13-17(15-9-6-5-7-10-15)19(4-2)14-16-11-8-12-20-16/h5-12,17-18H,3-4,13-14H2,1-2H3. The van der Waals surface area contributed by atoms with Crippen LogP contribution in [0.2, 0.25) is 0 Å². The van der Waals surface area contributed by atoms with Crippen LogP contribution in [-0.4, -0.2) is 24.5 Å². The van der Waals surface area contributed by atoms with Crippen LogP contribution in [-0.2, 0) is 6.54 Å². The maximum atomic E-state index is 3.50. The topological polar surface area (TPSA) is 15.3 Å². The average Bonchev–Trinajstić information content (AvgIpc) is 3.00. The molecular formula is C17H24N2S. The van der Waals surface area contributed by atoms with Gasteiger partial charge in [-0.25, -0.2) is 0 Å². The van der Waals surface area contributed by atoms with Crippen molar-refractivity contribution in [2.45, 2.75) is 26.4 Å². The van der Waals surface area contributed by atoms with Crippen molar-refractivity contribution < 1.29 is 0 Å². The predicted molar refractivity (Wildman–Crippen MR) is 88.1 cm³/mol. The van der Waals surface area contributed by atoms with E-state index in [0.717, 1.165) is 26.2 Å².